The predicted octanol–water partition coefficient (Wildman–Crippen LogP) is 4.69. The average molecular weight is 310 g/mol. The second-order valence-electron chi connectivity index (χ2n) is 6.85. The van der Waals surface area contributed by atoms with E-state index in [-0.39, 0.29) is 11.3 Å². The van der Waals surface area contributed by atoms with Gasteiger partial charge in [0.1, 0.15) is 0 Å². The predicted molar refractivity (Wildman–Crippen MR) is 92.6 cm³/mol. The highest BCUT2D eigenvalue weighted by Crippen LogP contribution is 2.45. The Morgan fingerprint density at radius 3 is 2.73 bits per heavy atom. The molecule has 1 amide bonds. The molecule has 0 fully saturated rings. The Morgan fingerprint density at radius 2 is 1.95 bits per heavy atom. The number of rotatable bonds is 0. The number of aromatic nitrogens is 1. The first-order chi connectivity index (χ1) is 10.4. The zero-order valence-electron chi connectivity index (χ0n) is 12.9. The van der Waals surface area contributed by atoms with Crippen LogP contribution in [-0.4, -0.2) is 10.9 Å². The summed E-state index contributed by atoms with van der Waals surface area (Å²) in [7, 11) is 0. The van der Waals surface area contributed by atoms with E-state index < -0.39 is 0 Å². The monoisotopic (exact) mass is 310 g/mol. The van der Waals surface area contributed by atoms with Crippen LogP contribution in [0.2, 0.25) is 0 Å². The Hall–Kier alpha value is -2.07. The lowest BCUT2D eigenvalue weighted by atomic mass is 9.94. The zero-order chi connectivity index (χ0) is 15.5. The number of fused-ring (bicyclic) bond motifs is 5. The van der Waals surface area contributed by atoms with Crippen LogP contribution in [0.15, 0.2) is 30.3 Å². The number of H-pyrrole nitrogens is 1. The van der Waals surface area contributed by atoms with E-state index in [1.54, 1.807) is 11.3 Å². The van der Waals surface area contributed by atoms with E-state index in [0.717, 1.165) is 32.7 Å². The molecule has 0 saturated heterocycles. The van der Waals surface area contributed by atoms with Gasteiger partial charge in [-0.1, -0.05) is 39.0 Å². The third-order valence-corrected chi connectivity index (χ3v) is 5.70. The Labute approximate surface area is 133 Å². The molecular weight excluding hydrogens is 292 g/mol. The van der Waals surface area contributed by atoms with Gasteiger partial charge in [0, 0.05) is 15.8 Å². The summed E-state index contributed by atoms with van der Waals surface area (Å²) in [6.07, 6.45) is 0.422. The van der Waals surface area contributed by atoms with Crippen LogP contribution in [0.3, 0.4) is 0 Å². The number of hydrogen-bond acceptors (Lipinski definition) is 2. The van der Waals surface area contributed by atoms with E-state index in [4.69, 9.17) is 0 Å². The van der Waals surface area contributed by atoms with E-state index in [0.29, 0.717) is 6.42 Å². The second-order valence-corrected chi connectivity index (χ2v) is 7.90. The molecule has 2 N–H and O–H groups in total. The normalized spacial score (nSPS) is 14.4. The summed E-state index contributed by atoms with van der Waals surface area (Å²) in [5, 5.41) is 4.21. The van der Waals surface area contributed by atoms with Crippen molar-refractivity contribution in [3.63, 3.8) is 0 Å². The number of amides is 1. The van der Waals surface area contributed by atoms with Crippen LogP contribution in [0.25, 0.3) is 21.5 Å². The molecule has 0 unspecified atom stereocenters. The third kappa shape index (κ3) is 1.98. The maximum Gasteiger partial charge on any atom is 0.228 e. The third-order valence-electron chi connectivity index (χ3n) is 4.12. The molecule has 4 heteroatoms. The zero-order valence-corrected chi connectivity index (χ0v) is 13.7. The van der Waals surface area contributed by atoms with Crippen molar-refractivity contribution >= 4 is 33.8 Å². The highest BCUT2D eigenvalue weighted by atomic mass is 32.1. The molecule has 0 spiro atoms. The molecule has 4 rings (SSSR count). The summed E-state index contributed by atoms with van der Waals surface area (Å²) in [5.74, 6) is 0.0583. The minimum Gasteiger partial charge on any atom is -0.354 e. The molecule has 0 bridgehead atoms. The van der Waals surface area contributed by atoms with Gasteiger partial charge in [-0.25, -0.2) is 0 Å². The molecule has 22 heavy (non-hydrogen) atoms. The number of thiophene rings is 1. The van der Waals surface area contributed by atoms with Crippen LogP contribution in [0.5, 0.6) is 0 Å². The number of nitrogens with one attached hydrogen (secondary N) is 2. The molecule has 0 aliphatic carbocycles. The fourth-order valence-electron chi connectivity index (χ4n) is 2.97. The molecule has 1 aliphatic heterocycles. The van der Waals surface area contributed by atoms with Gasteiger partial charge in [-0.05, 0) is 23.1 Å². The van der Waals surface area contributed by atoms with Crippen molar-refractivity contribution in [1.82, 2.24) is 4.98 Å². The van der Waals surface area contributed by atoms with Gasteiger partial charge in [-0.15, -0.1) is 11.3 Å². The number of anilines is 1. The van der Waals surface area contributed by atoms with Crippen molar-refractivity contribution in [1.29, 1.82) is 0 Å². The van der Waals surface area contributed by atoms with Gasteiger partial charge in [0.25, 0.3) is 0 Å². The molecule has 0 atom stereocenters. The molecule has 3 aromatic rings. The number of aromatic amines is 1. The van der Waals surface area contributed by atoms with Gasteiger partial charge in [0.05, 0.1) is 22.7 Å². The fraction of sp³-hybridized carbons (Fsp3) is 0.278. The number of para-hydroxylation sites is 1. The first kappa shape index (κ1) is 13.6. The highest BCUT2D eigenvalue weighted by Gasteiger charge is 2.27. The molecule has 112 valence electrons. The van der Waals surface area contributed by atoms with Crippen LogP contribution < -0.4 is 5.32 Å². The molecule has 1 aromatic carbocycles. The lowest BCUT2D eigenvalue weighted by Gasteiger charge is -2.15. The molecule has 1 aliphatic rings. The molecule has 3 heterocycles. The maximum atomic E-state index is 12.3. The lowest BCUT2D eigenvalue weighted by molar-refractivity contribution is -0.115. The van der Waals surface area contributed by atoms with Gasteiger partial charge in [-0.3, -0.25) is 4.79 Å². The van der Waals surface area contributed by atoms with Crippen LogP contribution in [-0.2, 0) is 16.6 Å². The van der Waals surface area contributed by atoms with Crippen molar-refractivity contribution in [2.24, 2.45) is 0 Å². The van der Waals surface area contributed by atoms with Crippen molar-refractivity contribution in [3.05, 3.63) is 40.8 Å². The van der Waals surface area contributed by atoms with Gasteiger partial charge < -0.3 is 10.3 Å². The Morgan fingerprint density at radius 1 is 1.18 bits per heavy atom. The van der Waals surface area contributed by atoms with E-state index in [1.807, 2.05) is 12.1 Å². The van der Waals surface area contributed by atoms with Gasteiger partial charge in [0.15, 0.2) is 0 Å². The summed E-state index contributed by atoms with van der Waals surface area (Å²) in [5.41, 5.74) is 4.31. The smallest absolute Gasteiger partial charge is 0.228 e. The van der Waals surface area contributed by atoms with E-state index in [1.165, 1.54) is 4.88 Å². The van der Waals surface area contributed by atoms with E-state index in [9.17, 15) is 4.79 Å². The van der Waals surface area contributed by atoms with Crippen LogP contribution in [0.4, 0.5) is 5.69 Å². The molecule has 0 radical (unpaired) electrons. The summed E-state index contributed by atoms with van der Waals surface area (Å²) in [6, 6.07) is 10.3. The fourth-order valence-corrected chi connectivity index (χ4v) is 4.17. The van der Waals surface area contributed by atoms with Crippen LogP contribution in [0.1, 0.15) is 31.2 Å². The summed E-state index contributed by atoms with van der Waals surface area (Å²) in [6.45, 7) is 6.60. The second kappa shape index (κ2) is 4.46. The van der Waals surface area contributed by atoms with Gasteiger partial charge in [-0.2, -0.15) is 0 Å². The number of carbonyl (C=O) groups excluding carboxylic acids is 1. The summed E-state index contributed by atoms with van der Waals surface area (Å²) >= 11 is 1.77. The number of hydrogen-bond donors (Lipinski definition) is 2. The Kier molecular flexibility index (Phi) is 2.76. The minimum absolute atomic E-state index is 0.0583. The minimum atomic E-state index is 0.0583. The molecule has 2 aromatic heterocycles. The topological polar surface area (TPSA) is 44.9 Å². The summed E-state index contributed by atoms with van der Waals surface area (Å²) < 4.78 is 0. The highest BCUT2D eigenvalue weighted by molar-refractivity contribution is 7.16. The van der Waals surface area contributed by atoms with Crippen molar-refractivity contribution in [2.45, 2.75) is 32.6 Å². The Balaban J connectivity index is 2.02. The van der Waals surface area contributed by atoms with E-state index >= 15 is 0 Å². The Bertz CT molecular complexity index is 896. The largest absolute Gasteiger partial charge is 0.354 e. The van der Waals surface area contributed by atoms with Gasteiger partial charge >= 0.3 is 0 Å². The lowest BCUT2D eigenvalue weighted by Crippen LogP contribution is -2.13. The van der Waals surface area contributed by atoms with Crippen molar-refractivity contribution < 1.29 is 4.79 Å². The quantitative estimate of drug-likeness (QED) is 0.621. The summed E-state index contributed by atoms with van der Waals surface area (Å²) in [4.78, 5) is 18.2. The van der Waals surface area contributed by atoms with Crippen LogP contribution >= 0.6 is 11.3 Å². The number of benzene rings is 1. The first-order valence-corrected chi connectivity index (χ1v) is 8.29. The standard InChI is InChI=1S/C18H18N2OS/c1-18(2,3)14-9-13-17(22-14)16-11(8-15(21)19-13)10-6-4-5-7-12(10)20-16/h4-7,9,20H,8H2,1-3H3,(H,19,21). The number of carbonyl (C=O) groups is 1. The van der Waals surface area contributed by atoms with Crippen LogP contribution in [0, 0.1) is 0 Å². The maximum absolute atomic E-state index is 12.3. The molecular formula is C18H18N2OS. The molecule has 3 nitrogen and oxygen atoms in total. The van der Waals surface area contributed by atoms with Crippen molar-refractivity contribution in [3.8, 4) is 10.6 Å². The van der Waals surface area contributed by atoms with Crippen molar-refractivity contribution in [2.75, 3.05) is 5.32 Å². The SMILES string of the molecule is CC(C)(C)c1cc2c(s1)-c1[nH]c3ccccc3c1CC(=O)N2. The first-order valence-electron chi connectivity index (χ1n) is 7.47. The van der Waals surface area contributed by atoms with E-state index in [2.05, 4.69) is 49.3 Å². The molecule has 0 saturated carbocycles. The average Bonchev–Trinajstić information content (AvgIpc) is 2.98. The van der Waals surface area contributed by atoms with Gasteiger partial charge in [0.2, 0.25) is 5.91 Å².